The molecule has 1 N–H and O–H groups in total. The van der Waals surface area contributed by atoms with E-state index in [1.165, 1.54) is 16.9 Å². The van der Waals surface area contributed by atoms with Gasteiger partial charge in [0.15, 0.2) is 0 Å². The van der Waals surface area contributed by atoms with Crippen molar-refractivity contribution in [3.8, 4) is 0 Å². The highest BCUT2D eigenvalue weighted by Crippen LogP contribution is 2.28. The van der Waals surface area contributed by atoms with Gasteiger partial charge < -0.3 is 5.11 Å². The second-order valence-corrected chi connectivity index (χ2v) is 5.81. The van der Waals surface area contributed by atoms with Crippen LogP contribution in [0.25, 0.3) is 0 Å². The van der Waals surface area contributed by atoms with Crippen LogP contribution < -0.4 is 0 Å². The first-order valence-electron chi connectivity index (χ1n) is 6.32. The number of allylic oxidation sites excluding steroid dienone is 1. The van der Waals surface area contributed by atoms with Gasteiger partial charge in [-0.2, -0.15) is 0 Å². The molecule has 2 atom stereocenters. The first kappa shape index (κ1) is 12.7. The van der Waals surface area contributed by atoms with Crippen LogP contribution >= 0.6 is 11.8 Å². The number of benzene rings is 1. The van der Waals surface area contributed by atoms with Crippen LogP contribution in [0.5, 0.6) is 0 Å². The third kappa shape index (κ3) is 3.62. The van der Waals surface area contributed by atoms with E-state index in [0.29, 0.717) is 5.92 Å². The molecule has 92 valence electrons. The molecule has 0 radical (unpaired) electrons. The number of aliphatic hydroxyl groups excluding tert-OH is 1. The van der Waals surface area contributed by atoms with Gasteiger partial charge in [0.05, 0.1) is 6.10 Å². The van der Waals surface area contributed by atoms with E-state index in [2.05, 4.69) is 37.3 Å². The van der Waals surface area contributed by atoms with Crippen molar-refractivity contribution in [1.29, 1.82) is 0 Å². The fourth-order valence-electron chi connectivity index (χ4n) is 2.17. The van der Waals surface area contributed by atoms with Gasteiger partial charge in [-0.25, -0.2) is 0 Å². The zero-order valence-corrected chi connectivity index (χ0v) is 11.1. The van der Waals surface area contributed by atoms with Crippen LogP contribution in [0.3, 0.4) is 0 Å². The third-order valence-electron chi connectivity index (χ3n) is 3.25. The molecule has 1 aromatic rings. The van der Waals surface area contributed by atoms with Crippen molar-refractivity contribution in [3.63, 3.8) is 0 Å². The molecule has 2 rings (SSSR count). The summed E-state index contributed by atoms with van der Waals surface area (Å²) >= 11 is 1.83. The van der Waals surface area contributed by atoms with Crippen molar-refractivity contribution in [2.45, 2.75) is 37.2 Å². The SMILES string of the molecule is C[C@H](CSc1ccccc1)[C@H](O)C1=CCCC1. The predicted octanol–water partition coefficient (Wildman–Crippen LogP) is 3.89. The van der Waals surface area contributed by atoms with Gasteiger partial charge in [-0.3, -0.25) is 0 Å². The van der Waals surface area contributed by atoms with Crippen molar-refractivity contribution in [3.05, 3.63) is 42.0 Å². The molecule has 0 aromatic heterocycles. The second kappa shape index (κ2) is 6.27. The van der Waals surface area contributed by atoms with Crippen LogP contribution in [-0.2, 0) is 0 Å². The average molecular weight is 248 g/mol. The van der Waals surface area contributed by atoms with E-state index in [9.17, 15) is 5.11 Å². The molecule has 0 bridgehead atoms. The lowest BCUT2D eigenvalue weighted by Crippen LogP contribution is -2.21. The standard InChI is InChI=1S/C15H20OS/c1-12(15(16)13-7-5-6-8-13)11-17-14-9-3-2-4-10-14/h2-4,7,9-10,12,15-16H,5-6,8,11H2,1H3/t12-,15+/m1/s1. The van der Waals surface area contributed by atoms with E-state index < -0.39 is 0 Å². The fraction of sp³-hybridized carbons (Fsp3) is 0.467. The van der Waals surface area contributed by atoms with Crippen molar-refractivity contribution in [2.75, 3.05) is 5.75 Å². The molecular weight excluding hydrogens is 228 g/mol. The van der Waals surface area contributed by atoms with Crippen LogP contribution in [-0.4, -0.2) is 17.0 Å². The molecule has 17 heavy (non-hydrogen) atoms. The molecule has 2 heteroatoms. The van der Waals surface area contributed by atoms with E-state index in [0.717, 1.165) is 18.6 Å². The van der Waals surface area contributed by atoms with Gasteiger partial charge in [0, 0.05) is 10.6 Å². The zero-order chi connectivity index (χ0) is 12.1. The van der Waals surface area contributed by atoms with Gasteiger partial charge in [0.1, 0.15) is 0 Å². The van der Waals surface area contributed by atoms with Crippen LogP contribution in [0.2, 0.25) is 0 Å². The van der Waals surface area contributed by atoms with Crippen LogP contribution in [0.4, 0.5) is 0 Å². The molecule has 0 heterocycles. The Bertz CT molecular complexity index is 372. The Morgan fingerprint density at radius 2 is 2.06 bits per heavy atom. The van der Waals surface area contributed by atoms with E-state index in [1.54, 1.807) is 0 Å². The molecule has 0 spiro atoms. The zero-order valence-electron chi connectivity index (χ0n) is 10.3. The highest BCUT2D eigenvalue weighted by molar-refractivity contribution is 7.99. The summed E-state index contributed by atoms with van der Waals surface area (Å²) in [5.74, 6) is 1.30. The highest BCUT2D eigenvalue weighted by atomic mass is 32.2. The van der Waals surface area contributed by atoms with Crippen LogP contribution in [0.1, 0.15) is 26.2 Å². The number of thioether (sulfide) groups is 1. The molecule has 0 aliphatic heterocycles. The Hall–Kier alpha value is -0.730. The normalized spacial score (nSPS) is 18.8. The van der Waals surface area contributed by atoms with Gasteiger partial charge in [-0.1, -0.05) is 31.2 Å². The lowest BCUT2D eigenvalue weighted by molar-refractivity contribution is 0.160. The summed E-state index contributed by atoms with van der Waals surface area (Å²) in [7, 11) is 0. The maximum Gasteiger partial charge on any atom is 0.0783 e. The Morgan fingerprint density at radius 3 is 2.71 bits per heavy atom. The van der Waals surface area contributed by atoms with E-state index in [1.807, 2.05) is 17.8 Å². The molecule has 1 aliphatic rings. The number of hydrogen-bond donors (Lipinski definition) is 1. The minimum absolute atomic E-state index is 0.242. The van der Waals surface area contributed by atoms with Crippen molar-refractivity contribution < 1.29 is 5.11 Å². The Labute approximate surface area is 108 Å². The summed E-state index contributed by atoms with van der Waals surface area (Å²) in [6, 6.07) is 10.4. The highest BCUT2D eigenvalue weighted by Gasteiger charge is 2.20. The largest absolute Gasteiger partial charge is 0.388 e. The quantitative estimate of drug-likeness (QED) is 0.630. The average Bonchev–Trinajstić information content (AvgIpc) is 2.90. The smallest absolute Gasteiger partial charge is 0.0783 e. The second-order valence-electron chi connectivity index (χ2n) is 4.72. The topological polar surface area (TPSA) is 20.2 Å². The van der Waals surface area contributed by atoms with Gasteiger partial charge in [0.2, 0.25) is 0 Å². The molecule has 0 amide bonds. The first-order chi connectivity index (χ1) is 8.27. The predicted molar refractivity (Wildman–Crippen MR) is 74.3 cm³/mol. The molecule has 1 aliphatic carbocycles. The van der Waals surface area contributed by atoms with Gasteiger partial charge in [-0.05, 0) is 42.9 Å². The van der Waals surface area contributed by atoms with Crippen LogP contribution in [0.15, 0.2) is 46.9 Å². The first-order valence-corrected chi connectivity index (χ1v) is 7.31. The lowest BCUT2D eigenvalue weighted by atomic mass is 9.99. The maximum atomic E-state index is 10.2. The number of rotatable bonds is 5. The summed E-state index contributed by atoms with van der Waals surface area (Å²) in [5.41, 5.74) is 1.26. The monoisotopic (exact) mass is 248 g/mol. The number of hydrogen-bond acceptors (Lipinski definition) is 2. The van der Waals surface area contributed by atoms with Crippen molar-refractivity contribution >= 4 is 11.8 Å². The summed E-state index contributed by atoms with van der Waals surface area (Å²) in [4.78, 5) is 1.28. The Kier molecular flexibility index (Phi) is 4.69. The summed E-state index contributed by atoms with van der Waals surface area (Å²) in [5, 5.41) is 10.2. The minimum Gasteiger partial charge on any atom is -0.388 e. The summed E-state index contributed by atoms with van der Waals surface area (Å²) in [6.07, 6.45) is 5.42. The van der Waals surface area contributed by atoms with E-state index in [4.69, 9.17) is 0 Å². The van der Waals surface area contributed by atoms with E-state index in [-0.39, 0.29) is 6.10 Å². The maximum absolute atomic E-state index is 10.2. The molecule has 0 fully saturated rings. The lowest BCUT2D eigenvalue weighted by Gasteiger charge is -2.19. The molecule has 1 aromatic carbocycles. The molecular formula is C15H20OS. The van der Waals surface area contributed by atoms with Gasteiger partial charge >= 0.3 is 0 Å². The Morgan fingerprint density at radius 1 is 1.29 bits per heavy atom. The van der Waals surface area contributed by atoms with Gasteiger partial charge in [0.25, 0.3) is 0 Å². The number of aliphatic hydroxyl groups is 1. The van der Waals surface area contributed by atoms with Crippen molar-refractivity contribution in [1.82, 2.24) is 0 Å². The Balaban J connectivity index is 1.82. The minimum atomic E-state index is -0.242. The molecule has 1 nitrogen and oxygen atoms in total. The summed E-state index contributed by atoms with van der Waals surface area (Å²) < 4.78 is 0. The summed E-state index contributed by atoms with van der Waals surface area (Å²) in [6.45, 7) is 2.14. The van der Waals surface area contributed by atoms with Crippen LogP contribution in [0, 0.1) is 5.92 Å². The molecule has 0 saturated carbocycles. The molecule has 0 unspecified atom stereocenters. The van der Waals surface area contributed by atoms with Crippen molar-refractivity contribution in [2.24, 2.45) is 5.92 Å². The van der Waals surface area contributed by atoms with Gasteiger partial charge in [-0.15, -0.1) is 11.8 Å². The van der Waals surface area contributed by atoms with E-state index >= 15 is 0 Å². The third-order valence-corrected chi connectivity index (χ3v) is 4.55. The molecule has 0 saturated heterocycles. The fourth-order valence-corrected chi connectivity index (χ4v) is 3.15.